The van der Waals surface area contributed by atoms with E-state index in [9.17, 15) is 0 Å². The molecule has 1 aliphatic heterocycles. The lowest BCUT2D eigenvalue weighted by Crippen LogP contribution is -2.43. The summed E-state index contributed by atoms with van der Waals surface area (Å²) >= 11 is 0. The topological polar surface area (TPSA) is 63.4 Å². The molecule has 0 aromatic carbocycles. The zero-order valence-electron chi connectivity index (χ0n) is 11.1. The number of nitrogen functional groups attached to an aromatic ring is 1. The van der Waals surface area contributed by atoms with Crippen molar-refractivity contribution in [1.29, 1.82) is 0 Å². The van der Waals surface area contributed by atoms with Crippen LogP contribution in [0.1, 0.15) is 18.9 Å². The van der Waals surface area contributed by atoms with Gasteiger partial charge in [-0.1, -0.05) is 13.0 Å². The van der Waals surface area contributed by atoms with Gasteiger partial charge >= 0.3 is 0 Å². The summed E-state index contributed by atoms with van der Waals surface area (Å²) < 4.78 is 5.53. The standard InChI is InChI=1S/C13H22N4O/c1-10-5-7-17(9-12(10)18-2)8-11-4-3-6-15-13(11)16-14/h3-4,6,10,12H,5,7-9,14H2,1-2H3,(H,15,16). The fourth-order valence-electron chi connectivity index (χ4n) is 2.49. The van der Waals surface area contributed by atoms with Crippen LogP contribution >= 0.6 is 0 Å². The lowest BCUT2D eigenvalue weighted by Gasteiger charge is -2.36. The number of methoxy groups -OCH3 is 1. The van der Waals surface area contributed by atoms with Gasteiger partial charge in [-0.25, -0.2) is 10.8 Å². The van der Waals surface area contributed by atoms with Crippen molar-refractivity contribution in [1.82, 2.24) is 9.88 Å². The van der Waals surface area contributed by atoms with E-state index < -0.39 is 0 Å². The monoisotopic (exact) mass is 250 g/mol. The van der Waals surface area contributed by atoms with Crippen molar-refractivity contribution in [2.75, 3.05) is 25.6 Å². The fourth-order valence-corrected chi connectivity index (χ4v) is 2.49. The first kappa shape index (κ1) is 13.3. The van der Waals surface area contributed by atoms with Crippen molar-refractivity contribution < 1.29 is 4.74 Å². The van der Waals surface area contributed by atoms with E-state index in [1.54, 1.807) is 13.3 Å². The largest absolute Gasteiger partial charge is 0.380 e. The van der Waals surface area contributed by atoms with Crippen LogP contribution in [0.25, 0.3) is 0 Å². The van der Waals surface area contributed by atoms with Crippen LogP contribution in [0.5, 0.6) is 0 Å². The summed E-state index contributed by atoms with van der Waals surface area (Å²) in [6, 6.07) is 4.00. The number of nitrogens with zero attached hydrogens (tertiary/aromatic N) is 2. The van der Waals surface area contributed by atoms with Crippen LogP contribution in [0.2, 0.25) is 0 Å². The molecule has 0 aliphatic carbocycles. The SMILES string of the molecule is COC1CN(Cc2cccnc2NN)CCC1C. The molecular weight excluding hydrogens is 228 g/mol. The van der Waals surface area contributed by atoms with E-state index in [4.69, 9.17) is 10.6 Å². The first-order valence-electron chi connectivity index (χ1n) is 6.40. The minimum Gasteiger partial charge on any atom is -0.380 e. The molecule has 1 aromatic heterocycles. The van der Waals surface area contributed by atoms with Crippen LogP contribution in [0.3, 0.4) is 0 Å². The Morgan fingerprint density at radius 1 is 1.61 bits per heavy atom. The third kappa shape index (κ3) is 2.98. The highest BCUT2D eigenvalue weighted by molar-refractivity contribution is 5.42. The van der Waals surface area contributed by atoms with Gasteiger partial charge in [0, 0.05) is 32.0 Å². The van der Waals surface area contributed by atoms with Crippen molar-refractivity contribution in [3.05, 3.63) is 23.9 Å². The highest BCUT2D eigenvalue weighted by Gasteiger charge is 2.26. The fraction of sp³-hybridized carbons (Fsp3) is 0.615. The molecule has 0 radical (unpaired) electrons. The number of nitrogens with one attached hydrogen (secondary N) is 1. The second-order valence-electron chi connectivity index (χ2n) is 4.93. The van der Waals surface area contributed by atoms with Crippen LogP contribution in [-0.4, -0.2) is 36.2 Å². The molecule has 2 unspecified atom stereocenters. The second kappa shape index (κ2) is 6.13. The Bertz CT molecular complexity index is 385. The number of nitrogens with two attached hydrogens (primary N) is 1. The van der Waals surface area contributed by atoms with Crippen molar-refractivity contribution in [2.45, 2.75) is 26.0 Å². The summed E-state index contributed by atoms with van der Waals surface area (Å²) in [6.07, 6.45) is 3.24. The molecule has 0 bridgehead atoms. The van der Waals surface area contributed by atoms with Crippen LogP contribution in [0.15, 0.2) is 18.3 Å². The number of piperidine rings is 1. The lowest BCUT2D eigenvalue weighted by molar-refractivity contribution is -0.00741. The Hall–Kier alpha value is -1.17. The molecule has 1 aliphatic rings. The van der Waals surface area contributed by atoms with E-state index in [0.717, 1.165) is 31.0 Å². The number of ether oxygens (including phenoxy) is 1. The number of aromatic nitrogens is 1. The smallest absolute Gasteiger partial charge is 0.144 e. The van der Waals surface area contributed by atoms with Crippen LogP contribution in [-0.2, 0) is 11.3 Å². The van der Waals surface area contributed by atoms with Crippen molar-refractivity contribution >= 4 is 5.82 Å². The van der Waals surface area contributed by atoms with Gasteiger partial charge in [-0.05, 0) is 24.9 Å². The average molecular weight is 250 g/mol. The van der Waals surface area contributed by atoms with Gasteiger partial charge in [0.25, 0.3) is 0 Å². The highest BCUT2D eigenvalue weighted by atomic mass is 16.5. The number of pyridine rings is 1. The van der Waals surface area contributed by atoms with Gasteiger partial charge in [0.2, 0.25) is 0 Å². The Kier molecular flexibility index (Phi) is 4.52. The maximum atomic E-state index is 5.53. The summed E-state index contributed by atoms with van der Waals surface area (Å²) in [5, 5.41) is 0. The van der Waals surface area contributed by atoms with Gasteiger partial charge in [0.1, 0.15) is 5.82 Å². The van der Waals surface area contributed by atoms with Gasteiger partial charge in [0.15, 0.2) is 0 Å². The van der Waals surface area contributed by atoms with E-state index in [1.165, 1.54) is 6.42 Å². The first-order chi connectivity index (χ1) is 8.74. The number of hydrazine groups is 1. The summed E-state index contributed by atoms with van der Waals surface area (Å²) in [5.74, 6) is 6.86. The minimum atomic E-state index is 0.324. The maximum Gasteiger partial charge on any atom is 0.144 e. The lowest BCUT2D eigenvalue weighted by atomic mass is 9.95. The Morgan fingerprint density at radius 2 is 2.44 bits per heavy atom. The van der Waals surface area contributed by atoms with E-state index in [1.807, 2.05) is 6.07 Å². The molecular formula is C13H22N4O. The Morgan fingerprint density at radius 3 is 3.17 bits per heavy atom. The van der Waals surface area contributed by atoms with Crippen molar-refractivity contribution in [3.8, 4) is 0 Å². The quantitative estimate of drug-likeness (QED) is 0.621. The minimum absolute atomic E-state index is 0.324. The maximum absolute atomic E-state index is 5.53. The van der Waals surface area contributed by atoms with E-state index >= 15 is 0 Å². The normalized spacial score (nSPS) is 25.1. The molecule has 100 valence electrons. The molecule has 0 saturated carbocycles. The number of likely N-dealkylation sites (tertiary alicyclic amines) is 1. The third-order valence-electron chi connectivity index (χ3n) is 3.70. The van der Waals surface area contributed by atoms with Gasteiger partial charge in [0.05, 0.1) is 6.10 Å². The number of anilines is 1. The molecule has 0 spiro atoms. The molecule has 2 atom stereocenters. The number of rotatable bonds is 4. The molecule has 0 amide bonds. The summed E-state index contributed by atoms with van der Waals surface area (Å²) in [5.41, 5.74) is 3.78. The summed E-state index contributed by atoms with van der Waals surface area (Å²) in [6.45, 7) is 5.18. The molecule has 3 N–H and O–H groups in total. The van der Waals surface area contributed by atoms with Gasteiger partial charge in [-0.2, -0.15) is 0 Å². The van der Waals surface area contributed by atoms with E-state index in [2.05, 4.69) is 28.3 Å². The van der Waals surface area contributed by atoms with E-state index in [-0.39, 0.29) is 0 Å². The molecule has 1 fully saturated rings. The predicted octanol–water partition coefficient (Wildman–Crippen LogP) is 1.22. The summed E-state index contributed by atoms with van der Waals surface area (Å²) in [7, 11) is 1.79. The first-order valence-corrected chi connectivity index (χ1v) is 6.40. The summed E-state index contributed by atoms with van der Waals surface area (Å²) in [4.78, 5) is 6.62. The molecule has 2 rings (SSSR count). The predicted molar refractivity (Wildman–Crippen MR) is 71.9 cm³/mol. The molecule has 1 saturated heterocycles. The average Bonchev–Trinajstić information content (AvgIpc) is 2.41. The number of hydrogen-bond donors (Lipinski definition) is 2. The molecule has 5 nitrogen and oxygen atoms in total. The van der Waals surface area contributed by atoms with Crippen molar-refractivity contribution in [3.63, 3.8) is 0 Å². The van der Waals surface area contributed by atoms with Gasteiger partial charge in [-0.15, -0.1) is 0 Å². The van der Waals surface area contributed by atoms with Crippen LogP contribution < -0.4 is 11.3 Å². The zero-order chi connectivity index (χ0) is 13.0. The Balaban J connectivity index is 2.01. The zero-order valence-corrected chi connectivity index (χ0v) is 11.1. The molecule has 2 heterocycles. The van der Waals surface area contributed by atoms with Crippen molar-refractivity contribution in [2.24, 2.45) is 11.8 Å². The molecule has 1 aromatic rings. The molecule has 5 heteroatoms. The number of hydrogen-bond acceptors (Lipinski definition) is 5. The van der Waals surface area contributed by atoms with Crippen LogP contribution in [0.4, 0.5) is 5.82 Å². The van der Waals surface area contributed by atoms with E-state index in [0.29, 0.717) is 12.0 Å². The van der Waals surface area contributed by atoms with Crippen LogP contribution in [0, 0.1) is 5.92 Å². The van der Waals surface area contributed by atoms with Gasteiger partial charge in [-0.3, -0.25) is 4.90 Å². The van der Waals surface area contributed by atoms with Gasteiger partial charge < -0.3 is 10.2 Å². The second-order valence-corrected chi connectivity index (χ2v) is 4.93. The molecule has 18 heavy (non-hydrogen) atoms. The third-order valence-corrected chi connectivity index (χ3v) is 3.70. The Labute approximate surface area is 108 Å². The highest BCUT2D eigenvalue weighted by Crippen LogP contribution is 2.22.